The number of amides is 1. The maximum atomic E-state index is 11.7. The van der Waals surface area contributed by atoms with Crippen LogP contribution in [0, 0.1) is 0 Å². The van der Waals surface area contributed by atoms with Gasteiger partial charge in [0.2, 0.25) is 15.9 Å². The van der Waals surface area contributed by atoms with Crippen LogP contribution < -0.4 is 4.72 Å². The minimum Gasteiger partial charge on any atom is -0.384 e. The number of likely N-dealkylation sites (tertiary alicyclic amines) is 1. The molecule has 1 N–H and O–H groups in total. The number of nitrogens with zero attached hydrogens (tertiary/aromatic N) is 1. The van der Waals surface area contributed by atoms with E-state index < -0.39 is 10.0 Å². The molecule has 0 aromatic carbocycles. The number of nitrogens with one attached hydrogen (secondary N) is 1. The highest BCUT2D eigenvalue weighted by Crippen LogP contribution is 2.08. The molecule has 0 radical (unpaired) electrons. The fraction of sp³-hybridized carbons (Fsp3) is 0.900. The Morgan fingerprint density at radius 3 is 2.53 bits per heavy atom. The summed E-state index contributed by atoms with van der Waals surface area (Å²) in [4.78, 5) is 13.4. The Hall–Kier alpha value is -0.660. The van der Waals surface area contributed by atoms with Gasteiger partial charge in [0, 0.05) is 20.2 Å². The van der Waals surface area contributed by atoms with Gasteiger partial charge in [-0.15, -0.1) is 0 Å². The molecule has 0 spiro atoms. The van der Waals surface area contributed by atoms with Crippen LogP contribution in [0.1, 0.15) is 19.3 Å². The fourth-order valence-corrected chi connectivity index (χ4v) is 2.57. The van der Waals surface area contributed by atoms with E-state index in [4.69, 9.17) is 0 Å². The largest absolute Gasteiger partial charge is 0.384 e. The molecule has 1 saturated heterocycles. The average molecular weight is 264 g/mol. The Morgan fingerprint density at radius 2 is 1.94 bits per heavy atom. The second-order valence-corrected chi connectivity index (χ2v) is 6.00. The Labute approximate surface area is 102 Å². The van der Waals surface area contributed by atoms with Gasteiger partial charge in [-0.25, -0.2) is 13.1 Å². The van der Waals surface area contributed by atoms with Gasteiger partial charge in [0.1, 0.15) is 0 Å². The average Bonchev–Trinajstić information content (AvgIpc) is 2.35. The van der Waals surface area contributed by atoms with Crippen molar-refractivity contribution < 1.29 is 17.9 Å². The highest BCUT2D eigenvalue weighted by molar-refractivity contribution is 7.89. The molecule has 1 rings (SSSR count). The zero-order valence-electron chi connectivity index (χ0n) is 10.1. The molecule has 1 aliphatic heterocycles. The van der Waals surface area contributed by atoms with Crippen LogP contribution in [-0.2, 0) is 19.6 Å². The molecule has 17 heavy (non-hydrogen) atoms. The van der Waals surface area contributed by atoms with Gasteiger partial charge in [-0.3, -0.25) is 4.79 Å². The Morgan fingerprint density at radius 1 is 1.29 bits per heavy atom. The summed E-state index contributed by atoms with van der Waals surface area (Å²) < 4.78 is 29.8. The summed E-state index contributed by atoms with van der Waals surface area (Å²) in [6.07, 6.45) is 3.15. The SMILES string of the molecule is COCCS(=O)(=O)NCC(=O)N1CCCCC1. The number of rotatable bonds is 6. The van der Waals surface area contributed by atoms with E-state index in [1.807, 2.05) is 0 Å². The molecule has 6 nitrogen and oxygen atoms in total. The van der Waals surface area contributed by atoms with E-state index in [1.165, 1.54) is 7.11 Å². The lowest BCUT2D eigenvalue weighted by atomic mass is 10.1. The predicted octanol–water partition coefficient (Wildman–Crippen LogP) is -0.435. The Kier molecular flexibility index (Phi) is 5.87. The molecule has 0 aromatic rings. The van der Waals surface area contributed by atoms with E-state index in [1.54, 1.807) is 4.90 Å². The highest BCUT2D eigenvalue weighted by Gasteiger charge is 2.18. The third-order valence-corrected chi connectivity index (χ3v) is 4.00. The van der Waals surface area contributed by atoms with Crippen molar-refractivity contribution in [2.75, 3.05) is 39.1 Å². The number of piperidine rings is 1. The summed E-state index contributed by atoms with van der Waals surface area (Å²) in [6, 6.07) is 0. The third-order valence-electron chi connectivity index (χ3n) is 2.71. The minimum absolute atomic E-state index is 0.114. The van der Waals surface area contributed by atoms with Gasteiger partial charge in [-0.05, 0) is 19.3 Å². The van der Waals surface area contributed by atoms with Crippen LogP contribution in [0.15, 0.2) is 0 Å². The first-order valence-electron chi connectivity index (χ1n) is 5.79. The molecule has 0 atom stereocenters. The summed E-state index contributed by atoms with van der Waals surface area (Å²) in [7, 11) is -1.96. The van der Waals surface area contributed by atoms with Gasteiger partial charge in [0.25, 0.3) is 0 Å². The van der Waals surface area contributed by atoms with Crippen LogP contribution in [0.2, 0.25) is 0 Å². The van der Waals surface area contributed by atoms with Gasteiger partial charge < -0.3 is 9.64 Å². The van der Waals surface area contributed by atoms with E-state index in [-0.39, 0.29) is 24.8 Å². The van der Waals surface area contributed by atoms with E-state index in [9.17, 15) is 13.2 Å². The number of hydrogen-bond acceptors (Lipinski definition) is 4. The lowest BCUT2D eigenvalue weighted by molar-refractivity contribution is -0.130. The number of ether oxygens (including phenoxy) is 1. The van der Waals surface area contributed by atoms with E-state index in [0.29, 0.717) is 0 Å². The molecule has 1 amide bonds. The highest BCUT2D eigenvalue weighted by atomic mass is 32.2. The molecular weight excluding hydrogens is 244 g/mol. The Bertz CT molecular complexity index is 336. The summed E-state index contributed by atoms with van der Waals surface area (Å²) in [6.45, 7) is 1.45. The van der Waals surface area contributed by atoms with Crippen molar-refractivity contribution in [2.24, 2.45) is 0 Å². The van der Waals surface area contributed by atoms with Crippen molar-refractivity contribution >= 4 is 15.9 Å². The number of sulfonamides is 1. The first-order valence-corrected chi connectivity index (χ1v) is 7.44. The molecule has 1 fully saturated rings. The number of hydrogen-bond donors (Lipinski definition) is 1. The van der Waals surface area contributed by atoms with Crippen molar-refractivity contribution in [2.45, 2.75) is 19.3 Å². The molecule has 7 heteroatoms. The number of carbonyl (C=O) groups is 1. The van der Waals surface area contributed by atoms with Crippen molar-refractivity contribution in [3.05, 3.63) is 0 Å². The standard InChI is InChI=1S/C10H20N2O4S/c1-16-7-8-17(14,15)11-9-10(13)12-5-3-2-4-6-12/h11H,2-9H2,1H3. The van der Waals surface area contributed by atoms with Gasteiger partial charge in [0.05, 0.1) is 18.9 Å². The molecule has 0 bridgehead atoms. The lowest BCUT2D eigenvalue weighted by Crippen LogP contribution is -2.43. The molecule has 100 valence electrons. The van der Waals surface area contributed by atoms with Crippen LogP contribution in [0.25, 0.3) is 0 Å². The van der Waals surface area contributed by atoms with Gasteiger partial charge in [-0.1, -0.05) is 0 Å². The minimum atomic E-state index is -3.40. The molecule has 1 heterocycles. The molecule has 0 aromatic heterocycles. The topological polar surface area (TPSA) is 75.7 Å². The second kappa shape index (κ2) is 6.93. The van der Waals surface area contributed by atoms with Crippen molar-refractivity contribution in [1.82, 2.24) is 9.62 Å². The van der Waals surface area contributed by atoms with Gasteiger partial charge in [-0.2, -0.15) is 0 Å². The van der Waals surface area contributed by atoms with E-state index in [0.717, 1.165) is 32.4 Å². The summed E-state index contributed by atoms with van der Waals surface area (Å²) in [5.41, 5.74) is 0. The molecule has 1 aliphatic rings. The van der Waals surface area contributed by atoms with Gasteiger partial charge >= 0.3 is 0 Å². The smallest absolute Gasteiger partial charge is 0.237 e. The zero-order valence-corrected chi connectivity index (χ0v) is 11.0. The van der Waals surface area contributed by atoms with Crippen LogP contribution >= 0.6 is 0 Å². The van der Waals surface area contributed by atoms with Crippen LogP contribution in [0.3, 0.4) is 0 Å². The third kappa shape index (κ3) is 5.47. The Balaban J connectivity index is 2.31. The number of methoxy groups -OCH3 is 1. The van der Waals surface area contributed by atoms with Gasteiger partial charge in [0.15, 0.2) is 0 Å². The molecule has 0 unspecified atom stereocenters. The van der Waals surface area contributed by atoms with E-state index >= 15 is 0 Å². The number of carbonyl (C=O) groups excluding carboxylic acids is 1. The second-order valence-electron chi connectivity index (χ2n) is 4.07. The van der Waals surface area contributed by atoms with Crippen molar-refractivity contribution in [3.8, 4) is 0 Å². The molecule has 0 aliphatic carbocycles. The fourth-order valence-electron chi connectivity index (χ4n) is 1.69. The normalized spacial score (nSPS) is 17.1. The maximum absolute atomic E-state index is 11.7. The molecule has 0 saturated carbocycles. The summed E-state index contributed by atoms with van der Waals surface area (Å²) in [5.74, 6) is -0.262. The zero-order chi connectivity index (χ0) is 12.7. The maximum Gasteiger partial charge on any atom is 0.237 e. The first kappa shape index (κ1) is 14.4. The summed E-state index contributed by atoms with van der Waals surface area (Å²) in [5, 5.41) is 0. The monoisotopic (exact) mass is 264 g/mol. The van der Waals surface area contributed by atoms with E-state index in [2.05, 4.69) is 9.46 Å². The van der Waals surface area contributed by atoms with Crippen molar-refractivity contribution in [3.63, 3.8) is 0 Å². The van der Waals surface area contributed by atoms with Crippen LogP contribution in [-0.4, -0.2) is 58.3 Å². The first-order chi connectivity index (χ1) is 8.05. The van der Waals surface area contributed by atoms with Crippen LogP contribution in [0.4, 0.5) is 0 Å². The lowest BCUT2D eigenvalue weighted by Gasteiger charge is -2.26. The van der Waals surface area contributed by atoms with Crippen molar-refractivity contribution in [1.29, 1.82) is 0 Å². The quantitative estimate of drug-likeness (QED) is 0.706. The molecular formula is C10H20N2O4S. The summed E-state index contributed by atoms with van der Waals surface area (Å²) >= 11 is 0. The predicted molar refractivity (Wildman–Crippen MR) is 64.1 cm³/mol. The van der Waals surface area contributed by atoms with Crippen LogP contribution in [0.5, 0.6) is 0 Å².